The molecule has 114 valence electrons. The molecule has 1 heterocycles. The molecule has 0 bridgehead atoms. The highest BCUT2D eigenvalue weighted by Gasteiger charge is 2.44. The van der Waals surface area contributed by atoms with E-state index in [0.717, 1.165) is 30.7 Å². The van der Waals surface area contributed by atoms with E-state index in [1.54, 1.807) is 0 Å². The first-order chi connectivity index (χ1) is 9.99. The van der Waals surface area contributed by atoms with E-state index in [-0.39, 0.29) is 11.7 Å². The van der Waals surface area contributed by atoms with Crippen LogP contribution >= 0.6 is 0 Å². The molecule has 1 aliphatic carbocycles. The number of carbonyl (C=O) groups is 1. The van der Waals surface area contributed by atoms with Gasteiger partial charge in [-0.2, -0.15) is 0 Å². The number of anilines is 1. The topological polar surface area (TPSA) is 101 Å². The van der Waals surface area contributed by atoms with Crippen molar-refractivity contribution in [3.05, 3.63) is 23.5 Å². The Hall–Kier alpha value is -2.11. The van der Waals surface area contributed by atoms with Gasteiger partial charge in [-0.3, -0.25) is 9.78 Å². The van der Waals surface area contributed by atoms with Crippen molar-refractivity contribution in [2.45, 2.75) is 46.0 Å². The van der Waals surface area contributed by atoms with E-state index < -0.39 is 5.41 Å². The van der Waals surface area contributed by atoms with Crippen LogP contribution in [-0.4, -0.2) is 21.9 Å². The summed E-state index contributed by atoms with van der Waals surface area (Å²) in [5.41, 5.74) is 7.23. The molecule has 1 aromatic heterocycles. The van der Waals surface area contributed by atoms with Crippen LogP contribution in [0.2, 0.25) is 0 Å². The third-order valence-corrected chi connectivity index (χ3v) is 4.21. The number of nitrogens with zero attached hydrogens (tertiary/aromatic N) is 2. The van der Waals surface area contributed by atoms with Crippen molar-refractivity contribution in [3.63, 3.8) is 0 Å². The molecule has 0 unspecified atom stereocenters. The second-order valence-electron chi connectivity index (χ2n) is 5.67. The number of pyridine rings is 1. The highest BCUT2D eigenvalue weighted by Crippen LogP contribution is 2.37. The normalized spacial score (nSPS) is 18.3. The molecule has 21 heavy (non-hydrogen) atoms. The smallest absolute Gasteiger partial charge is 0.238 e. The SMILES string of the molecule is Cc1ccc(NC(=O)C2(/C(N)=N/O)CCCCC2)c(C)n1. The maximum atomic E-state index is 12.7. The van der Waals surface area contributed by atoms with E-state index in [9.17, 15) is 4.79 Å². The minimum absolute atomic E-state index is 0.00239. The van der Waals surface area contributed by atoms with Gasteiger partial charge >= 0.3 is 0 Å². The monoisotopic (exact) mass is 290 g/mol. The zero-order chi connectivity index (χ0) is 15.5. The molecule has 1 aliphatic rings. The molecule has 0 radical (unpaired) electrons. The number of carbonyl (C=O) groups excluding carboxylic acids is 1. The van der Waals surface area contributed by atoms with Gasteiger partial charge in [-0.1, -0.05) is 24.4 Å². The van der Waals surface area contributed by atoms with Gasteiger partial charge in [-0.15, -0.1) is 0 Å². The maximum Gasteiger partial charge on any atom is 0.238 e. The van der Waals surface area contributed by atoms with Crippen LogP contribution in [0.5, 0.6) is 0 Å². The Morgan fingerprint density at radius 1 is 1.33 bits per heavy atom. The van der Waals surface area contributed by atoms with Gasteiger partial charge < -0.3 is 16.3 Å². The lowest BCUT2D eigenvalue weighted by Gasteiger charge is -2.34. The molecule has 6 nitrogen and oxygen atoms in total. The van der Waals surface area contributed by atoms with Crippen molar-refractivity contribution in [1.82, 2.24) is 4.98 Å². The standard InChI is InChI=1S/C15H22N4O2/c1-10-6-7-12(11(2)17-10)18-14(20)15(13(16)19-21)8-4-3-5-9-15/h6-7,21H,3-5,8-9H2,1-2H3,(H2,16,19)(H,18,20). The van der Waals surface area contributed by atoms with Gasteiger partial charge in [-0.05, 0) is 38.8 Å². The third-order valence-electron chi connectivity index (χ3n) is 4.21. The number of rotatable bonds is 3. The predicted octanol–water partition coefficient (Wildman–Crippen LogP) is 2.33. The molecule has 0 saturated heterocycles. The second-order valence-corrected chi connectivity index (χ2v) is 5.67. The Kier molecular flexibility index (Phi) is 4.45. The summed E-state index contributed by atoms with van der Waals surface area (Å²) in [7, 11) is 0. The Morgan fingerprint density at radius 3 is 2.57 bits per heavy atom. The average Bonchev–Trinajstić information content (AvgIpc) is 2.49. The third kappa shape index (κ3) is 2.99. The molecule has 0 aromatic carbocycles. The first-order valence-electron chi connectivity index (χ1n) is 7.23. The maximum absolute atomic E-state index is 12.7. The summed E-state index contributed by atoms with van der Waals surface area (Å²) < 4.78 is 0. The van der Waals surface area contributed by atoms with E-state index in [2.05, 4.69) is 15.5 Å². The van der Waals surface area contributed by atoms with Gasteiger partial charge in [0.1, 0.15) is 5.41 Å². The van der Waals surface area contributed by atoms with E-state index in [1.807, 2.05) is 26.0 Å². The largest absolute Gasteiger partial charge is 0.409 e. The number of nitrogens with one attached hydrogen (secondary N) is 1. The van der Waals surface area contributed by atoms with E-state index in [4.69, 9.17) is 10.9 Å². The number of hydrogen-bond donors (Lipinski definition) is 3. The molecule has 0 atom stereocenters. The van der Waals surface area contributed by atoms with E-state index >= 15 is 0 Å². The summed E-state index contributed by atoms with van der Waals surface area (Å²) in [4.78, 5) is 17.1. The number of oxime groups is 1. The molecule has 4 N–H and O–H groups in total. The number of aromatic nitrogens is 1. The van der Waals surface area contributed by atoms with Crippen molar-refractivity contribution in [2.75, 3.05) is 5.32 Å². The van der Waals surface area contributed by atoms with Gasteiger partial charge in [0.15, 0.2) is 5.84 Å². The summed E-state index contributed by atoms with van der Waals surface area (Å²) >= 11 is 0. The number of amides is 1. The van der Waals surface area contributed by atoms with Crippen LogP contribution in [0.4, 0.5) is 5.69 Å². The molecule has 1 saturated carbocycles. The minimum atomic E-state index is -0.912. The summed E-state index contributed by atoms with van der Waals surface area (Å²) in [6.07, 6.45) is 4.07. The molecule has 1 amide bonds. The first-order valence-corrected chi connectivity index (χ1v) is 7.23. The molecule has 1 fully saturated rings. The van der Waals surface area contributed by atoms with E-state index in [0.29, 0.717) is 18.5 Å². The highest BCUT2D eigenvalue weighted by molar-refractivity contribution is 6.12. The Balaban J connectivity index is 2.27. The average molecular weight is 290 g/mol. The van der Waals surface area contributed by atoms with Gasteiger partial charge in [0.2, 0.25) is 5.91 Å². The lowest BCUT2D eigenvalue weighted by molar-refractivity contribution is -0.123. The van der Waals surface area contributed by atoms with Crippen LogP contribution < -0.4 is 11.1 Å². The number of nitrogens with two attached hydrogens (primary N) is 1. The lowest BCUT2D eigenvalue weighted by atomic mass is 9.72. The summed E-state index contributed by atoms with van der Waals surface area (Å²) in [5, 5.41) is 15.0. The molecular weight excluding hydrogens is 268 g/mol. The fourth-order valence-electron chi connectivity index (χ4n) is 2.91. The van der Waals surface area contributed by atoms with Crippen LogP contribution in [0, 0.1) is 19.3 Å². The molecule has 0 spiro atoms. The van der Waals surface area contributed by atoms with Crippen LogP contribution in [0.15, 0.2) is 17.3 Å². The second kappa shape index (κ2) is 6.11. The van der Waals surface area contributed by atoms with Crippen molar-refractivity contribution in [1.29, 1.82) is 0 Å². The van der Waals surface area contributed by atoms with Crippen molar-refractivity contribution in [2.24, 2.45) is 16.3 Å². The zero-order valence-electron chi connectivity index (χ0n) is 12.5. The summed E-state index contributed by atoms with van der Waals surface area (Å²) in [5.74, 6) is -0.219. The van der Waals surface area contributed by atoms with Gasteiger partial charge in [0.25, 0.3) is 0 Å². The number of aryl methyl sites for hydroxylation is 2. The Morgan fingerprint density at radius 2 is 2.00 bits per heavy atom. The fourth-order valence-corrected chi connectivity index (χ4v) is 2.91. The lowest BCUT2D eigenvalue weighted by Crippen LogP contribution is -2.48. The van der Waals surface area contributed by atoms with Crippen molar-refractivity contribution < 1.29 is 10.0 Å². The molecule has 1 aromatic rings. The molecule has 2 rings (SSSR count). The molecule has 0 aliphatic heterocycles. The summed E-state index contributed by atoms with van der Waals surface area (Å²) in [6.45, 7) is 3.75. The van der Waals surface area contributed by atoms with Crippen LogP contribution in [0.1, 0.15) is 43.5 Å². The Labute approximate surface area is 124 Å². The van der Waals surface area contributed by atoms with Crippen LogP contribution in [0.3, 0.4) is 0 Å². The summed E-state index contributed by atoms with van der Waals surface area (Å²) in [6, 6.07) is 3.68. The van der Waals surface area contributed by atoms with Crippen LogP contribution in [-0.2, 0) is 4.79 Å². The van der Waals surface area contributed by atoms with Crippen molar-refractivity contribution in [3.8, 4) is 0 Å². The van der Waals surface area contributed by atoms with Gasteiger partial charge in [-0.25, -0.2) is 0 Å². The Bertz CT molecular complexity index is 563. The number of hydrogen-bond acceptors (Lipinski definition) is 4. The predicted molar refractivity (Wildman–Crippen MR) is 81.3 cm³/mol. The number of amidine groups is 1. The molecular formula is C15H22N4O2. The first kappa shape index (κ1) is 15.3. The molecule has 6 heteroatoms. The highest BCUT2D eigenvalue weighted by atomic mass is 16.4. The van der Waals surface area contributed by atoms with Gasteiger partial charge in [0.05, 0.1) is 11.4 Å². The van der Waals surface area contributed by atoms with E-state index in [1.165, 1.54) is 0 Å². The van der Waals surface area contributed by atoms with Gasteiger partial charge in [0, 0.05) is 5.69 Å². The van der Waals surface area contributed by atoms with Crippen LogP contribution in [0.25, 0.3) is 0 Å². The minimum Gasteiger partial charge on any atom is -0.409 e. The van der Waals surface area contributed by atoms with Crippen molar-refractivity contribution >= 4 is 17.4 Å². The fraction of sp³-hybridized carbons (Fsp3) is 0.533. The zero-order valence-corrected chi connectivity index (χ0v) is 12.5. The quantitative estimate of drug-likeness (QED) is 0.344.